The molecule has 0 radical (unpaired) electrons. The minimum Gasteiger partial charge on any atom is -0.508 e. The van der Waals surface area contributed by atoms with Crippen LogP contribution in [0, 0.1) is 0 Å². The van der Waals surface area contributed by atoms with Gasteiger partial charge < -0.3 is 25.2 Å². The quantitative estimate of drug-likeness (QED) is 0.555. The average molecular weight is 365 g/mol. The Hall–Kier alpha value is -3.74. The van der Waals surface area contributed by atoms with E-state index >= 15 is 0 Å². The van der Waals surface area contributed by atoms with Crippen molar-refractivity contribution in [1.29, 1.82) is 0 Å². The zero-order valence-electron chi connectivity index (χ0n) is 14.7. The van der Waals surface area contributed by atoms with Gasteiger partial charge in [-0.05, 0) is 48.5 Å². The lowest BCUT2D eigenvalue weighted by Gasteiger charge is -2.13. The van der Waals surface area contributed by atoms with E-state index in [4.69, 9.17) is 9.47 Å². The number of amides is 1. The summed E-state index contributed by atoms with van der Waals surface area (Å²) in [5.74, 6) is 1.37. The van der Waals surface area contributed by atoms with Gasteiger partial charge in [0.25, 0.3) is 5.91 Å². The number of phenols is 1. The predicted molar refractivity (Wildman–Crippen MR) is 103 cm³/mol. The van der Waals surface area contributed by atoms with Crippen LogP contribution < -0.4 is 20.1 Å². The van der Waals surface area contributed by atoms with E-state index in [0.29, 0.717) is 23.0 Å². The molecule has 7 nitrogen and oxygen atoms in total. The summed E-state index contributed by atoms with van der Waals surface area (Å²) >= 11 is 0. The first-order valence-corrected chi connectivity index (χ1v) is 8.22. The van der Waals surface area contributed by atoms with Crippen molar-refractivity contribution in [2.24, 2.45) is 0 Å². The fourth-order valence-electron chi connectivity index (χ4n) is 2.35. The third-order valence-corrected chi connectivity index (χ3v) is 3.64. The number of hydrogen-bond donors (Lipinski definition) is 3. The summed E-state index contributed by atoms with van der Waals surface area (Å²) < 4.78 is 10.7. The molecule has 1 amide bonds. The summed E-state index contributed by atoms with van der Waals surface area (Å²) in [5, 5.41) is 15.2. The second kappa shape index (κ2) is 8.57. The average Bonchev–Trinajstić information content (AvgIpc) is 2.70. The Bertz CT molecular complexity index is 913. The number of para-hydroxylation sites is 2. The van der Waals surface area contributed by atoms with Crippen LogP contribution in [0.25, 0.3) is 0 Å². The van der Waals surface area contributed by atoms with E-state index in [9.17, 15) is 9.90 Å². The lowest BCUT2D eigenvalue weighted by atomic mass is 10.3. The summed E-state index contributed by atoms with van der Waals surface area (Å²) in [6.45, 7) is -0.173. The number of aromatic nitrogens is 1. The minimum absolute atomic E-state index is 0.170. The predicted octanol–water partition coefficient (Wildman–Crippen LogP) is 3.56. The molecule has 0 aliphatic heterocycles. The van der Waals surface area contributed by atoms with Crippen LogP contribution in [0.4, 0.5) is 17.2 Å². The summed E-state index contributed by atoms with van der Waals surface area (Å²) in [6, 6.07) is 17.1. The lowest BCUT2D eigenvalue weighted by Crippen LogP contribution is -2.21. The number of nitrogens with one attached hydrogen (secondary N) is 2. The fourth-order valence-corrected chi connectivity index (χ4v) is 2.35. The van der Waals surface area contributed by atoms with Gasteiger partial charge in [-0.3, -0.25) is 4.79 Å². The van der Waals surface area contributed by atoms with E-state index in [-0.39, 0.29) is 18.3 Å². The van der Waals surface area contributed by atoms with E-state index in [1.807, 2.05) is 6.07 Å². The number of aromatic hydroxyl groups is 1. The van der Waals surface area contributed by atoms with Crippen LogP contribution in [-0.4, -0.2) is 29.7 Å². The minimum atomic E-state index is -0.331. The van der Waals surface area contributed by atoms with E-state index in [2.05, 4.69) is 15.6 Å². The monoisotopic (exact) mass is 365 g/mol. The first kappa shape index (κ1) is 18.1. The summed E-state index contributed by atoms with van der Waals surface area (Å²) in [4.78, 5) is 16.5. The maximum atomic E-state index is 12.3. The van der Waals surface area contributed by atoms with Gasteiger partial charge in [0.1, 0.15) is 5.75 Å². The molecule has 0 saturated heterocycles. The molecule has 0 saturated carbocycles. The molecule has 0 atom stereocenters. The Morgan fingerprint density at radius 3 is 2.52 bits per heavy atom. The van der Waals surface area contributed by atoms with Crippen molar-refractivity contribution in [2.75, 3.05) is 24.4 Å². The van der Waals surface area contributed by atoms with Gasteiger partial charge in [-0.25, -0.2) is 4.98 Å². The molecule has 3 aromatic rings. The van der Waals surface area contributed by atoms with Gasteiger partial charge >= 0.3 is 0 Å². The second-order valence-corrected chi connectivity index (χ2v) is 5.56. The number of nitrogens with zero attached hydrogens (tertiary/aromatic N) is 1. The molecule has 7 heteroatoms. The smallest absolute Gasteiger partial charge is 0.262 e. The zero-order valence-corrected chi connectivity index (χ0v) is 14.7. The van der Waals surface area contributed by atoms with Crippen LogP contribution in [0.5, 0.6) is 17.2 Å². The molecular formula is C20H19N3O4. The molecule has 3 N–H and O–H groups in total. The number of anilines is 3. The number of hydrogen-bond acceptors (Lipinski definition) is 6. The Morgan fingerprint density at radius 1 is 1.04 bits per heavy atom. The van der Waals surface area contributed by atoms with Gasteiger partial charge in [-0.2, -0.15) is 0 Å². The normalized spacial score (nSPS) is 10.1. The van der Waals surface area contributed by atoms with Crippen molar-refractivity contribution in [3.63, 3.8) is 0 Å². The van der Waals surface area contributed by atoms with Crippen molar-refractivity contribution in [2.45, 2.75) is 0 Å². The third-order valence-electron chi connectivity index (χ3n) is 3.64. The number of carbonyl (C=O) groups is 1. The molecule has 0 bridgehead atoms. The van der Waals surface area contributed by atoms with Crippen LogP contribution >= 0.6 is 0 Å². The molecule has 0 fully saturated rings. The van der Waals surface area contributed by atoms with Gasteiger partial charge in [-0.15, -0.1) is 0 Å². The molecule has 0 aliphatic rings. The molecule has 0 spiro atoms. The molecule has 0 aliphatic carbocycles. The highest BCUT2D eigenvalue weighted by Crippen LogP contribution is 2.26. The molecule has 2 aromatic carbocycles. The van der Waals surface area contributed by atoms with Gasteiger partial charge in [0, 0.05) is 11.9 Å². The number of phenolic OH excluding ortho intramolecular Hbond substituents is 1. The van der Waals surface area contributed by atoms with E-state index < -0.39 is 0 Å². The topological polar surface area (TPSA) is 92.7 Å². The summed E-state index contributed by atoms with van der Waals surface area (Å²) in [7, 11) is 1.54. The highest BCUT2D eigenvalue weighted by molar-refractivity contribution is 5.95. The zero-order chi connectivity index (χ0) is 19.1. The number of methoxy groups -OCH3 is 1. The molecule has 3 rings (SSSR count). The number of rotatable bonds is 7. The number of pyridine rings is 1. The highest BCUT2D eigenvalue weighted by Gasteiger charge is 2.10. The van der Waals surface area contributed by atoms with Gasteiger partial charge in [0.15, 0.2) is 23.9 Å². The van der Waals surface area contributed by atoms with Crippen LogP contribution in [0.3, 0.4) is 0 Å². The van der Waals surface area contributed by atoms with Crippen molar-refractivity contribution >= 4 is 23.1 Å². The van der Waals surface area contributed by atoms with E-state index in [0.717, 1.165) is 5.69 Å². The van der Waals surface area contributed by atoms with Gasteiger partial charge in [0.2, 0.25) is 0 Å². The molecule has 1 aromatic heterocycles. The number of benzene rings is 2. The van der Waals surface area contributed by atoms with Crippen LogP contribution in [-0.2, 0) is 4.79 Å². The number of ether oxygens (including phenoxy) is 2. The molecule has 1 heterocycles. The van der Waals surface area contributed by atoms with Crippen LogP contribution in [0.15, 0.2) is 66.9 Å². The maximum Gasteiger partial charge on any atom is 0.262 e. The van der Waals surface area contributed by atoms with Crippen molar-refractivity contribution in [1.82, 2.24) is 4.98 Å². The first-order valence-electron chi connectivity index (χ1n) is 8.22. The highest BCUT2D eigenvalue weighted by atomic mass is 16.5. The van der Waals surface area contributed by atoms with Gasteiger partial charge in [0.05, 0.1) is 12.8 Å². The van der Waals surface area contributed by atoms with Crippen molar-refractivity contribution in [3.8, 4) is 17.2 Å². The number of carbonyl (C=O) groups excluding carboxylic acids is 1. The Balaban J connectivity index is 1.65. The Labute approximate surface area is 156 Å². The largest absolute Gasteiger partial charge is 0.508 e. The molecule has 138 valence electrons. The van der Waals surface area contributed by atoms with Crippen LogP contribution in [0.2, 0.25) is 0 Å². The SMILES string of the molecule is COc1ccccc1OCC(=O)Nc1cccnc1Nc1ccc(O)cc1. The lowest BCUT2D eigenvalue weighted by molar-refractivity contribution is -0.118. The van der Waals surface area contributed by atoms with Gasteiger partial charge in [-0.1, -0.05) is 12.1 Å². The molecular weight excluding hydrogens is 346 g/mol. The Kier molecular flexibility index (Phi) is 5.73. The van der Waals surface area contributed by atoms with Crippen LogP contribution in [0.1, 0.15) is 0 Å². The summed E-state index contributed by atoms with van der Waals surface area (Å²) in [6.07, 6.45) is 1.61. The first-order chi connectivity index (χ1) is 13.2. The fraction of sp³-hybridized carbons (Fsp3) is 0.100. The standard InChI is InChI=1S/C20H19N3O4/c1-26-17-6-2-3-7-18(17)27-13-19(25)23-16-5-4-12-21-20(16)22-14-8-10-15(24)11-9-14/h2-12,24H,13H2,1H3,(H,21,22)(H,23,25). The van der Waals surface area contributed by atoms with Crippen molar-refractivity contribution in [3.05, 3.63) is 66.9 Å². The van der Waals surface area contributed by atoms with E-state index in [1.54, 1.807) is 67.9 Å². The molecule has 27 heavy (non-hydrogen) atoms. The van der Waals surface area contributed by atoms with Crippen molar-refractivity contribution < 1.29 is 19.4 Å². The maximum absolute atomic E-state index is 12.3. The van der Waals surface area contributed by atoms with E-state index in [1.165, 1.54) is 0 Å². The third kappa shape index (κ3) is 4.88. The Morgan fingerprint density at radius 2 is 1.78 bits per heavy atom. The summed E-state index contributed by atoms with van der Waals surface area (Å²) in [5.41, 5.74) is 1.24. The molecule has 0 unspecified atom stereocenters. The second-order valence-electron chi connectivity index (χ2n) is 5.56.